The van der Waals surface area contributed by atoms with Crippen LogP contribution in [0.5, 0.6) is 0 Å². The normalized spacial score (nSPS) is 9.91. The molecule has 0 amide bonds. The maximum Gasteiger partial charge on any atom is 0.233 e. The van der Waals surface area contributed by atoms with Crippen molar-refractivity contribution in [1.29, 1.82) is 0 Å². The molecular weight excluding hydrogens is 478 g/mol. The highest BCUT2D eigenvalue weighted by molar-refractivity contribution is 5.85. The van der Waals surface area contributed by atoms with Gasteiger partial charge in [-0.3, -0.25) is 0 Å². The second-order valence-electron chi connectivity index (χ2n) is 6.41. The topological polar surface area (TPSA) is 87.7 Å². The Morgan fingerprint density at radius 3 is 1.61 bits per heavy atom. The van der Waals surface area contributed by atoms with Gasteiger partial charge in [-0.25, -0.2) is 13.8 Å². The highest BCUT2D eigenvalue weighted by Crippen LogP contribution is 2.19. The molecule has 0 saturated heterocycles. The van der Waals surface area contributed by atoms with E-state index in [0.717, 1.165) is 0 Å². The van der Waals surface area contributed by atoms with Gasteiger partial charge in [0, 0.05) is 24.1 Å². The van der Waals surface area contributed by atoms with Crippen LogP contribution in [0.4, 0.5) is 42.4 Å². The van der Waals surface area contributed by atoms with Crippen LogP contribution in [0.2, 0.25) is 0 Å². The highest BCUT2D eigenvalue weighted by atomic mass is 35.5. The third kappa shape index (κ3) is 7.48. The second kappa shape index (κ2) is 11.8. The third-order valence-electron chi connectivity index (χ3n) is 4.08. The van der Waals surface area contributed by atoms with E-state index < -0.39 is 5.95 Å². The molecule has 0 aliphatic heterocycles. The Morgan fingerprint density at radius 1 is 0.636 bits per heavy atom. The van der Waals surface area contributed by atoms with E-state index in [4.69, 9.17) is 0 Å². The zero-order valence-corrected chi connectivity index (χ0v) is 18.4. The smallest absolute Gasteiger partial charge is 0.233 e. The Bertz CT molecular complexity index is 1110. The number of nitrogens with zero attached hydrogens (tertiary/aromatic N) is 4. The maximum atomic E-state index is 13.3. The van der Waals surface area contributed by atoms with Gasteiger partial charge in [-0.1, -0.05) is 0 Å². The number of nitrogens with one attached hydrogen (secondary N) is 3. The second-order valence-corrected chi connectivity index (χ2v) is 6.41. The van der Waals surface area contributed by atoms with Crippen molar-refractivity contribution in [3.63, 3.8) is 0 Å². The zero-order chi connectivity index (χ0) is 21.6. The van der Waals surface area contributed by atoms with Crippen LogP contribution < -0.4 is 16.0 Å². The number of hydrogen-bond acceptors (Lipinski definition) is 7. The van der Waals surface area contributed by atoms with E-state index in [1.54, 1.807) is 30.3 Å². The summed E-state index contributed by atoms with van der Waals surface area (Å²) in [6.07, 6.45) is 1.36. The summed E-state index contributed by atoms with van der Waals surface area (Å²) in [6.45, 7) is 0.245. The van der Waals surface area contributed by atoms with Crippen LogP contribution >= 0.6 is 24.8 Å². The summed E-state index contributed by atoms with van der Waals surface area (Å²) >= 11 is 0. The molecule has 0 saturated carbocycles. The Hall–Kier alpha value is -3.63. The molecule has 2 aromatic heterocycles. The molecule has 0 fully saturated rings. The van der Waals surface area contributed by atoms with Crippen molar-refractivity contribution in [2.24, 2.45) is 0 Å². The zero-order valence-electron chi connectivity index (χ0n) is 16.8. The van der Waals surface area contributed by atoms with Crippen LogP contribution in [0.25, 0.3) is 0 Å². The molecule has 2 aromatic carbocycles. The number of aromatic nitrogens is 4. The minimum atomic E-state index is -0.590. The van der Waals surface area contributed by atoms with Gasteiger partial charge in [-0.15, -0.1) is 24.8 Å². The van der Waals surface area contributed by atoms with Gasteiger partial charge in [0.05, 0.1) is 0 Å². The fourth-order valence-electron chi connectivity index (χ4n) is 2.63. The number of hydrogen-bond donors (Lipinski definition) is 3. The predicted octanol–water partition coefficient (Wildman–Crippen LogP) is 5.63. The Labute approximate surface area is 199 Å². The lowest BCUT2D eigenvalue weighted by Crippen LogP contribution is -2.10. The van der Waals surface area contributed by atoms with Gasteiger partial charge in [0.1, 0.15) is 11.6 Å². The molecule has 3 N–H and O–H groups in total. The molecule has 172 valence electrons. The molecule has 0 aliphatic rings. The van der Waals surface area contributed by atoms with E-state index in [0.29, 0.717) is 16.9 Å². The van der Waals surface area contributed by atoms with Crippen molar-refractivity contribution in [1.82, 2.24) is 19.9 Å². The number of halogens is 5. The standard InChI is InChI=1S/C21H16F3N7.2ClH/c22-14-1-5-16(6-2-14)27-20-29-19(26-12-13-9-10-25-18(24)11-13)30-21(31-20)28-17-7-3-15(23)4-8-17;;/h1-11H,12H2,(H3,26,27,28,29,30,31);2*1H. The van der Waals surface area contributed by atoms with Crippen LogP contribution in [0, 0.1) is 17.6 Å². The van der Waals surface area contributed by atoms with Crippen molar-refractivity contribution in [2.45, 2.75) is 6.54 Å². The van der Waals surface area contributed by atoms with Gasteiger partial charge in [0.2, 0.25) is 23.8 Å². The molecule has 4 aromatic rings. The minimum Gasteiger partial charge on any atom is -0.350 e. The molecule has 0 aliphatic carbocycles. The van der Waals surface area contributed by atoms with Gasteiger partial charge in [0.25, 0.3) is 0 Å². The first kappa shape index (κ1) is 25.6. The van der Waals surface area contributed by atoms with Crippen LogP contribution in [0.15, 0.2) is 66.9 Å². The summed E-state index contributed by atoms with van der Waals surface area (Å²) < 4.78 is 39.6. The molecule has 0 bridgehead atoms. The first-order valence-corrected chi connectivity index (χ1v) is 9.19. The molecule has 0 unspecified atom stereocenters. The van der Waals surface area contributed by atoms with E-state index in [-0.39, 0.29) is 60.8 Å². The molecule has 4 rings (SSSR count). The van der Waals surface area contributed by atoms with E-state index >= 15 is 0 Å². The van der Waals surface area contributed by atoms with E-state index in [2.05, 4.69) is 35.9 Å². The lowest BCUT2D eigenvalue weighted by atomic mass is 10.3. The van der Waals surface area contributed by atoms with Gasteiger partial charge >= 0.3 is 0 Å². The summed E-state index contributed by atoms with van der Waals surface area (Å²) in [4.78, 5) is 16.4. The first-order chi connectivity index (χ1) is 15.0. The first-order valence-electron chi connectivity index (χ1n) is 9.19. The summed E-state index contributed by atoms with van der Waals surface area (Å²) in [5, 5.41) is 8.95. The largest absolute Gasteiger partial charge is 0.350 e. The number of anilines is 5. The Balaban J connectivity index is 0.00000193. The van der Waals surface area contributed by atoms with Gasteiger partial charge in [-0.05, 0) is 66.2 Å². The van der Waals surface area contributed by atoms with E-state index in [9.17, 15) is 13.2 Å². The molecule has 0 spiro atoms. The number of benzene rings is 2. The van der Waals surface area contributed by atoms with Crippen LogP contribution in [0.1, 0.15) is 5.56 Å². The van der Waals surface area contributed by atoms with Crippen LogP contribution in [-0.2, 0) is 6.54 Å². The lowest BCUT2D eigenvalue weighted by molar-refractivity contribution is 0.581. The molecule has 7 nitrogen and oxygen atoms in total. The SMILES string of the molecule is Cl.Cl.Fc1ccc(Nc2nc(NCc3ccnc(F)c3)nc(Nc3ccc(F)cc3)n2)cc1. The van der Waals surface area contributed by atoms with Gasteiger partial charge < -0.3 is 16.0 Å². The summed E-state index contributed by atoms with van der Waals surface area (Å²) in [5.41, 5.74) is 1.79. The van der Waals surface area contributed by atoms with E-state index in [1.165, 1.54) is 36.5 Å². The number of pyridine rings is 1. The molecule has 0 atom stereocenters. The van der Waals surface area contributed by atoms with Crippen molar-refractivity contribution >= 4 is 54.0 Å². The molecule has 33 heavy (non-hydrogen) atoms. The summed E-state index contributed by atoms with van der Waals surface area (Å²) in [6, 6.07) is 14.3. The van der Waals surface area contributed by atoms with Gasteiger partial charge in [-0.2, -0.15) is 19.3 Å². The molecule has 12 heteroatoms. The summed E-state index contributed by atoms with van der Waals surface area (Å²) in [7, 11) is 0. The van der Waals surface area contributed by atoms with Crippen LogP contribution in [-0.4, -0.2) is 19.9 Å². The summed E-state index contributed by atoms with van der Waals surface area (Å²) in [5.74, 6) is -0.739. The quantitative estimate of drug-likeness (QED) is 0.286. The fraction of sp³-hybridized carbons (Fsp3) is 0.0476. The van der Waals surface area contributed by atoms with Crippen molar-refractivity contribution < 1.29 is 13.2 Å². The minimum absolute atomic E-state index is 0. The van der Waals surface area contributed by atoms with E-state index in [1.807, 2.05) is 0 Å². The monoisotopic (exact) mass is 495 g/mol. The van der Waals surface area contributed by atoms with Crippen LogP contribution in [0.3, 0.4) is 0 Å². The Morgan fingerprint density at radius 2 is 1.12 bits per heavy atom. The average Bonchev–Trinajstić information content (AvgIpc) is 2.76. The predicted molar refractivity (Wildman–Crippen MR) is 125 cm³/mol. The van der Waals surface area contributed by atoms with Crippen molar-refractivity contribution in [3.05, 3.63) is 90.0 Å². The average molecular weight is 496 g/mol. The number of rotatable bonds is 7. The van der Waals surface area contributed by atoms with Gasteiger partial charge in [0.15, 0.2) is 0 Å². The fourth-order valence-corrected chi connectivity index (χ4v) is 2.63. The molecular formula is C21H18Cl2F3N7. The Kier molecular flexibility index (Phi) is 9.19. The maximum absolute atomic E-state index is 13.3. The van der Waals surface area contributed by atoms with Crippen molar-refractivity contribution in [2.75, 3.05) is 16.0 Å². The lowest BCUT2D eigenvalue weighted by Gasteiger charge is -2.11. The molecule has 0 radical (unpaired) electrons. The highest BCUT2D eigenvalue weighted by Gasteiger charge is 2.09. The molecule has 2 heterocycles. The third-order valence-corrected chi connectivity index (χ3v) is 4.08. The van der Waals surface area contributed by atoms with Crippen molar-refractivity contribution in [3.8, 4) is 0 Å².